The molecule has 0 aromatic heterocycles. The van der Waals surface area contributed by atoms with Crippen LogP contribution >= 0.6 is 35.7 Å². The van der Waals surface area contributed by atoms with Crippen LogP contribution in [0.4, 0.5) is 0 Å². The first kappa shape index (κ1) is 25.5. The summed E-state index contributed by atoms with van der Waals surface area (Å²) in [6.07, 6.45) is 4.58. The van der Waals surface area contributed by atoms with Crippen LogP contribution in [-0.2, 0) is 4.74 Å². The van der Waals surface area contributed by atoms with Crippen LogP contribution in [0.5, 0.6) is 0 Å². The minimum atomic E-state index is 0. The van der Waals surface area contributed by atoms with E-state index in [0.29, 0.717) is 6.04 Å². The number of nitrogens with zero attached hydrogens (tertiary/aromatic N) is 2. The van der Waals surface area contributed by atoms with Gasteiger partial charge in [0.1, 0.15) is 0 Å². The lowest BCUT2D eigenvalue weighted by Gasteiger charge is -2.34. The fourth-order valence-corrected chi connectivity index (χ4v) is 3.70. The van der Waals surface area contributed by atoms with E-state index >= 15 is 0 Å². The van der Waals surface area contributed by atoms with Gasteiger partial charge in [0.25, 0.3) is 0 Å². The molecule has 1 aliphatic rings. The van der Waals surface area contributed by atoms with Gasteiger partial charge < -0.3 is 15.4 Å². The monoisotopic (exact) mass is 520 g/mol. The van der Waals surface area contributed by atoms with E-state index in [2.05, 4.69) is 59.9 Å². The predicted octanol–water partition coefficient (Wildman–Crippen LogP) is 3.68. The fourth-order valence-electron chi connectivity index (χ4n) is 3.21. The number of aryl methyl sites for hydroxylation is 1. The molecule has 0 bridgehead atoms. The van der Waals surface area contributed by atoms with E-state index in [1.807, 2.05) is 11.8 Å². The molecule has 1 saturated heterocycles. The molecule has 0 amide bonds. The third kappa shape index (κ3) is 9.33. The Labute approximate surface area is 192 Å². The second kappa shape index (κ2) is 15.3. The van der Waals surface area contributed by atoms with Gasteiger partial charge in [-0.25, -0.2) is 0 Å². The smallest absolute Gasteiger partial charge is 0.191 e. The standard InChI is InChI=1S/C21H36N4OS.HI/c1-4-22-21(23-11-5-6-16-27-3)24-17-20(25-12-14-26-15-13-25)19-9-7-18(2)8-10-19;/h7-10,20H,4-6,11-17H2,1-3H3,(H2,22,23,24);1H. The number of ether oxygens (including phenoxy) is 1. The Kier molecular flexibility index (Phi) is 14.0. The molecule has 7 heteroatoms. The van der Waals surface area contributed by atoms with Crippen molar-refractivity contribution < 1.29 is 4.74 Å². The maximum Gasteiger partial charge on any atom is 0.191 e. The Morgan fingerprint density at radius 1 is 1.18 bits per heavy atom. The van der Waals surface area contributed by atoms with Crippen molar-refractivity contribution in [1.29, 1.82) is 0 Å². The summed E-state index contributed by atoms with van der Waals surface area (Å²) in [7, 11) is 0. The molecule has 1 atom stereocenters. The lowest BCUT2D eigenvalue weighted by Crippen LogP contribution is -2.42. The summed E-state index contributed by atoms with van der Waals surface area (Å²) in [5.41, 5.74) is 2.63. The molecule has 1 heterocycles. The second-order valence-corrected chi connectivity index (χ2v) is 7.91. The predicted molar refractivity (Wildman–Crippen MR) is 133 cm³/mol. The number of nitrogens with one attached hydrogen (secondary N) is 2. The number of hydrogen-bond donors (Lipinski definition) is 2. The number of morpholine rings is 1. The molecule has 2 rings (SSSR count). The molecule has 0 radical (unpaired) electrons. The highest BCUT2D eigenvalue weighted by atomic mass is 127. The number of benzene rings is 1. The van der Waals surface area contributed by atoms with E-state index < -0.39 is 0 Å². The number of guanidine groups is 1. The zero-order valence-corrected chi connectivity index (χ0v) is 20.7. The molecule has 1 aliphatic heterocycles. The van der Waals surface area contributed by atoms with Gasteiger partial charge in [-0.3, -0.25) is 9.89 Å². The van der Waals surface area contributed by atoms with Gasteiger partial charge in [0.05, 0.1) is 25.8 Å². The van der Waals surface area contributed by atoms with Crippen LogP contribution in [0.2, 0.25) is 0 Å². The van der Waals surface area contributed by atoms with Gasteiger partial charge in [0.15, 0.2) is 5.96 Å². The molecular weight excluding hydrogens is 483 g/mol. The zero-order valence-electron chi connectivity index (χ0n) is 17.6. The first-order chi connectivity index (χ1) is 13.2. The van der Waals surface area contributed by atoms with Crippen molar-refractivity contribution >= 4 is 41.7 Å². The van der Waals surface area contributed by atoms with E-state index in [0.717, 1.165) is 51.9 Å². The third-order valence-corrected chi connectivity index (χ3v) is 5.48. The maximum atomic E-state index is 5.55. The molecule has 1 unspecified atom stereocenters. The lowest BCUT2D eigenvalue weighted by atomic mass is 10.0. The van der Waals surface area contributed by atoms with E-state index in [-0.39, 0.29) is 24.0 Å². The van der Waals surface area contributed by atoms with Gasteiger partial charge in [0.2, 0.25) is 0 Å². The minimum Gasteiger partial charge on any atom is -0.379 e. The summed E-state index contributed by atoms with van der Waals surface area (Å²) < 4.78 is 5.55. The molecule has 5 nitrogen and oxygen atoms in total. The fraction of sp³-hybridized carbons (Fsp3) is 0.667. The lowest BCUT2D eigenvalue weighted by molar-refractivity contribution is 0.0179. The van der Waals surface area contributed by atoms with Crippen molar-refractivity contribution in [2.75, 3.05) is 57.9 Å². The Morgan fingerprint density at radius 2 is 1.89 bits per heavy atom. The number of aliphatic imine (C=N–C) groups is 1. The molecule has 1 aromatic carbocycles. The van der Waals surface area contributed by atoms with Crippen LogP contribution in [0.15, 0.2) is 29.3 Å². The molecule has 0 saturated carbocycles. The normalized spacial score (nSPS) is 16.3. The quantitative estimate of drug-likeness (QED) is 0.213. The number of halogens is 1. The highest BCUT2D eigenvalue weighted by Gasteiger charge is 2.22. The van der Waals surface area contributed by atoms with Gasteiger partial charge in [-0.2, -0.15) is 11.8 Å². The van der Waals surface area contributed by atoms with E-state index in [9.17, 15) is 0 Å². The zero-order chi connectivity index (χ0) is 19.3. The minimum absolute atomic E-state index is 0. The van der Waals surface area contributed by atoms with E-state index in [1.165, 1.54) is 29.7 Å². The molecule has 0 spiro atoms. The topological polar surface area (TPSA) is 48.9 Å². The third-order valence-electron chi connectivity index (χ3n) is 4.78. The summed E-state index contributed by atoms with van der Waals surface area (Å²) in [5.74, 6) is 2.15. The van der Waals surface area contributed by atoms with E-state index in [4.69, 9.17) is 9.73 Å². The first-order valence-electron chi connectivity index (χ1n) is 10.1. The van der Waals surface area contributed by atoms with Crippen LogP contribution in [0.25, 0.3) is 0 Å². The number of unbranched alkanes of at least 4 members (excludes halogenated alkanes) is 1. The number of thioether (sulfide) groups is 1. The Balaban J connectivity index is 0.00000392. The van der Waals surface area contributed by atoms with Crippen molar-refractivity contribution in [3.63, 3.8) is 0 Å². The first-order valence-corrected chi connectivity index (χ1v) is 11.5. The summed E-state index contributed by atoms with van der Waals surface area (Å²) in [5, 5.41) is 6.87. The summed E-state index contributed by atoms with van der Waals surface area (Å²) in [6.45, 7) is 10.4. The van der Waals surface area contributed by atoms with Crippen molar-refractivity contribution in [3.05, 3.63) is 35.4 Å². The van der Waals surface area contributed by atoms with Gasteiger partial charge >= 0.3 is 0 Å². The molecule has 160 valence electrons. The van der Waals surface area contributed by atoms with Gasteiger partial charge in [-0.05, 0) is 44.3 Å². The number of rotatable bonds is 10. The maximum absolute atomic E-state index is 5.55. The van der Waals surface area contributed by atoms with Crippen LogP contribution < -0.4 is 10.6 Å². The Morgan fingerprint density at radius 3 is 2.54 bits per heavy atom. The largest absolute Gasteiger partial charge is 0.379 e. The molecule has 1 aromatic rings. The van der Waals surface area contributed by atoms with Crippen LogP contribution in [0.3, 0.4) is 0 Å². The Hall–Kier alpha value is -0.510. The highest BCUT2D eigenvalue weighted by molar-refractivity contribution is 14.0. The van der Waals surface area contributed by atoms with Gasteiger partial charge in [-0.15, -0.1) is 24.0 Å². The van der Waals surface area contributed by atoms with Crippen LogP contribution in [-0.4, -0.2) is 68.8 Å². The van der Waals surface area contributed by atoms with Gasteiger partial charge in [0, 0.05) is 26.2 Å². The summed E-state index contributed by atoms with van der Waals surface area (Å²) >= 11 is 1.91. The molecule has 2 N–H and O–H groups in total. The van der Waals surface area contributed by atoms with Gasteiger partial charge in [-0.1, -0.05) is 29.8 Å². The Bertz CT molecular complexity index is 550. The second-order valence-electron chi connectivity index (χ2n) is 6.92. The van der Waals surface area contributed by atoms with Crippen LogP contribution in [0.1, 0.15) is 36.9 Å². The summed E-state index contributed by atoms with van der Waals surface area (Å²) in [6, 6.07) is 9.17. The molecule has 0 aliphatic carbocycles. The van der Waals surface area contributed by atoms with Crippen LogP contribution in [0, 0.1) is 6.92 Å². The molecule has 28 heavy (non-hydrogen) atoms. The van der Waals surface area contributed by atoms with Crippen molar-refractivity contribution in [1.82, 2.24) is 15.5 Å². The summed E-state index contributed by atoms with van der Waals surface area (Å²) in [4.78, 5) is 7.41. The number of hydrogen-bond acceptors (Lipinski definition) is 4. The van der Waals surface area contributed by atoms with Crippen molar-refractivity contribution in [2.45, 2.75) is 32.7 Å². The molecular formula is C21H37IN4OS. The van der Waals surface area contributed by atoms with Crippen molar-refractivity contribution in [3.8, 4) is 0 Å². The molecule has 1 fully saturated rings. The average molecular weight is 521 g/mol. The highest BCUT2D eigenvalue weighted by Crippen LogP contribution is 2.22. The average Bonchev–Trinajstić information content (AvgIpc) is 2.70. The van der Waals surface area contributed by atoms with E-state index in [1.54, 1.807) is 0 Å². The SMILES string of the molecule is CCNC(=NCC(c1ccc(C)cc1)N1CCOCC1)NCCCCSC.I. The van der Waals surface area contributed by atoms with Crippen molar-refractivity contribution in [2.24, 2.45) is 4.99 Å².